The van der Waals surface area contributed by atoms with Gasteiger partial charge in [0.25, 0.3) is 5.91 Å². The topological polar surface area (TPSA) is 85.1 Å². The van der Waals surface area contributed by atoms with E-state index in [1.54, 1.807) is 29.2 Å². The molecule has 1 atom stereocenters. The number of hydrogen-bond acceptors (Lipinski definition) is 7. The zero-order valence-corrected chi connectivity index (χ0v) is 20.9. The highest BCUT2D eigenvalue weighted by Crippen LogP contribution is 2.30. The van der Waals surface area contributed by atoms with Crippen LogP contribution in [0.15, 0.2) is 77.2 Å². The summed E-state index contributed by atoms with van der Waals surface area (Å²) in [6, 6.07) is 19.1. The van der Waals surface area contributed by atoms with Crippen LogP contribution in [0.1, 0.15) is 22.0 Å². The van der Waals surface area contributed by atoms with Crippen LogP contribution < -0.4 is 4.74 Å². The SMILES string of the molecule is COC(=O)C(c1ccccc1)N1CCN(C(=O)c2cccc(-c3nc4cc(OC(F)(F)F)ccc4o3)c2)CC1. The second-order valence-corrected chi connectivity index (χ2v) is 8.94. The van der Waals surface area contributed by atoms with Gasteiger partial charge in [-0.2, -0.15) is 0 Å². The number of alkyl halides is 3. The third kappa shape index (κ3) is 5.88. The fraction of sp³-hybridized carbons (Fsp3) is 0.250. The number of benzene rings is 3. The van der Waals surface area contributed by atoms with Crippen molar-refractivity contribution in [1.29, 1.82) is 0 Å². The second-order valence-electron chi connectivity index (χ2n) is 8.94. The number of nitrogens with zero attached hydrogens (tertiary/aromatic N) is 3. The lowest BCUT2D eigenvalue weighted by Crippen LogP contribution is -2.51. The van der Waals surface area contributed by atoms with E-state index in [0.717, 1.165) is 17.7 Å². The molecule has 1 aliphatic rings. The van der Waals surface area contributed by atoms with E-state index in [1.165, 1.54) is 13.2 Å². The summed E-state index contributed by atoms with van der Waals surface area (Å²) in [5.74, 6) is -0.788. The van der Waals surface area contributed by atoms with Crippen LogP contribution in [0.5, 0.6) is 5.75 Å². The fourth-order valence-corrected chi connectivity index (χ4v) is 4.62. The molecule has 0 spiro atoms. The summed E-state index contributed by atoms with van der Waals surface area (Å²) in [5.41, 5.74) is 2.22. The summed E-state index contributed by atoms with van der Waals surface area (Å²) in [6.07, 6.45) is -4.82. The van der Waals surface area contributed by atoms with Crippen molar-refractivity contribution in [3.63, 3.8) is 0 Å². The molecular formula is C28H24F3N3O5. The van der Waals surface area contributed by atoms with E-state index in [1.807, 2.05) is 35.2 Å². The molecule has 202 valence electrons. The summed E-state index contributed by atoms with van der Waals surface area (Å²) < 4.78 is 52.3. The monoisotopic (exact) mass is 539 g/mol. The molecule has 0 bridgehead atoms. The number of halogens is 3. The molecule has 0 N–H and O–H groups in total. The second kappa shape index (κ2) is 10.8. The maximum Gasteiger partial charge on any atom is 0.573 e. The molecule has 0 saturated carbocycles. The number of carbonyl (C=O) groups excluding carboxylic acids is 2. The van der Waals surface area contributed by atoms with Crippen molar-refractivity contribution < 1.29 is 36.7 Å². The Morgan fingerprint density at radius 1 is 0.949 bits per heavy atom. The van der Waals surface area contributed by atoms with Gasteiger partial charge in [0.1, 0.15) is 17.3 Å². The van der Waals surface area contributed by atoms with Crippen LogP contribution in [0, 0.1) is 0 Å². The molecule has 0 aliphatic carbocycles. The molecule has 1 unspecified atom stereocenters. The normalized spacial score (nSPS) is 15.2. The van der Waals surface area contributed by atoms with Crippen LogP contribution in [0.2, 0.25) is 0 Å². The first kappa shape index (κ1) is 26.2. The minimum Gasteiger partial charge on any atom is -0.468 e. The Bertz CT molecular complexity index is 1480. The lowest BCUT2D eigenvalue weighted by atomic mass is 10.0. The average molecular weight is 540 g/mol. The number of aromatic nitrogens is 1. The summed E-state index contributed by atoms with van der Waals surface area (Å²) in [5, 5.41) is 0. The molecule has 1 aromatic heterocycles. The third-order valence-corrected chi connectivity index (χ3v) is 6.46. The highest BCUT2D eigenvalue weighted by atomic mass is 19.4. The van der Waals surface area contributed by atoms with Crippen LogP contribution in [-0.2, 0) is 9.53 Å². The fourth-order valence-electron chi connectivity index (χ4n) is 4.62. The van der Waals surface area contributed by atoms with E-state index in [4.69, 9.17) is 9.15 Å². The van der Waals surface area contributed by atoms with Gasteiger partial charge in [0.05, 0.1) is 7.11 Å². The van der Waals surface area contributed by atoms with Gasteiger partial charge in [0.15, 0.2) is 5.58 Å². The first-order valence-electron chi connectivity index (χ1n) is 12.1. The maximum absolute atomic E-state index is 13.3. The molecule has 5 rings (SSSR count). The molecule has 8 nitrogen and oxygen atoms in total. The number of ether oxygens (including phenoxy) is 2. The van der Waals surface area contributed by atoms with Gasteiger partial charge >= 0.3 is 12.3 Å². The number of hydrogen-bond donors (Lipinski definition) is 0. The number of carbonyl (C=O) groups is 2. The Labute approximate surface area is 221 Å². The largest absolute Gasteiger partial charge is 0.573 e. The predicted molar refractivity (Wildman–Crippen MR) is 135 cm³/mol. The first-order valence-corrected chi connectivity index (χ1v) is 12.1. The van der Waals surface area contributed by atoms with Crippen LogP contribution in [-0.4, -0.2) is 66.3 Å². The maximum atomic E-state index is 13.3. The number of amides is 1. The van der Waals surface area contributed by atoms with Crippen LogP contribution >= 0.6 is 0 Å². The first-order chi connectivity index (χ1) is 18.7. The van der Waals surface area contributed by atoms with Crippen LogP contribution in [0.4, 0.5) is 13.2 Å². The standard InChI is InChI=1S/C28H24F3N3O5/c1-37-27(36)24(18-6-3-2-4-7-18)33-12-14-34(15-13-33)26(35)20-9-5-8-19(16-20)25-32-22-17-21(39-28(29,30)31)10-11-23(22)38-25/h2-11,16-17,24H,12-15H2,1H3. The molecule has 1 fully saturated rings. The summed E-state index contributed by atoms with van der Waals surface area (Å²) >= 11 is 0. The number of oxazole rings is 1. The number of piperazine rings is 1. The smallest absolute Gasteiger partial charge is 0.468 e. The molecule has 39 heavy (non-hydrogen) atoms. The van der Waals surface area contributed by atoms with E-state index in [9.17, 15) is 22.8 Å². The summed E-state index contributed by atoms with van der Waals surface area (Å²) in [6.45, 7) is 1.78. The molecule has 4 aromatic rings. The van der Waals surface area contributed by atoms with Gasteiger partial charge in [-0.3, -0.25) is 9.69 Å². The van der Waals surface area contributed by atoms with E-state index < -0.39 is 18.2 Å². The molecule has 0 radical (unpaired) electrons. The van der Waals surface area contributed by atoms with Crippen molar-refractivity contribution in [2.45, 2.75) is 12.4 Å². The molecule has 11 heteroatoms. The van der Waals surface area contributed by atoms with Crippen molar-refractivity contribution in [3.8, 4) is 17.2 Å². The van der Waals surface area contributed by atoms with E-state index in [2.05, 4.69) is 9.72 Å². The summed E-state index contributed by atoms with van der Waals surface area (Å²) in [4.78, 5) is 33.8. The number of fused-ring (bicyclic) bond motifs is 1. The van der Waals surface area contributed by atoms with Crippen molar-refractivity contribution >= 4 is 23.0 Å². The van der Waals surface area contributed by atoms with Gasteiger partial charge in [-0.1, -0.05) is 36.4 Å². The minimum atomic E-state index is -4.82. The van der Waals surface area contributed by atoms with Gasteiger partial charge in [0, 0.05) is 43.4 Å². The van der Waals surface area contributed by atoms with Gasteiger partial charge in [-0.25, -0.2) is 9.78 Å². The third-order valence-electron chi connectivity index (χ3n) is 6.46. The van der Waals surface area contributed by atoms with E-state index >= 15 is 0 Å². The van der Waals surface area contributed by atoms with E-state index in [-0.39, 0.29) is 28.9 Å². The zero-order valence-electron chi connectivity index (χ0n) is 20.9. The van der Waals surface area contributed by atoms with Gasteiger partial charge < -0.3 is 18.8 Å². The Hall–Kier alpha value is -4.38. The van der Waals surface area contributed by atoms with Gasteiger partial charge in [0.2, 0.25) is 5.89 Å². The highest BCUT2D eigenvalue weighted by molar-refractivity contribution is 5.95. The molecule has 1 aliphatic heterocycles. The Morgan fingerprint density at radius 3 is 2.38 bits per heavy atom. The molecule has 1 amide bonds. The Balaban J connectivity index is 1.29. The molecule has 2 heterocycles. The van der Waals surface area contributed by atoms with Gasteiger partial charge in [-0.15, -0.1) is 13.2 Å². The van der Waals surface area contributed by atoms with Crippen molar-refractivity contribution in [2.24, 2.45) is 0 Å². The highest BCUT2D eigenvalue weighted by Gasteiger charge is 2.33. The quantitative estimate of drug-likeness (QED) is 0.317. The van der Waals surface area contributed by atoms with Crippen LogP contribution in [0.3, 0.4) is 0 Å². The predicted octanol–water partition coefficient (Wildman–Crippen LogP) is 5.07. The van der Waals surface area contributed by atoms with E-state index in [0.29, 0.717) is 37.3 Å². The molecule has 3 aromatic carbocycles. The van der Waals surface area contributed by atoms with Crippen molar-refractivity contribution in [2.75, 3.05) is 33.3 Å². The number of methoxy groups -OCH3 is 1. The number of esters is 1. The summed E-state index contributed by atoms with van der Waals surface area (Å²) in [7, 11) is 1.36. The minimum absolute atomic E-state index is 0.164. The van der Waals surface area contributed by atoms with Crippen molar-refractivity contribution in [1.82, 2.24) is 14.8 Å². The zero-order chi connectivity index (χ0) is 27.6. The molecular weight excluding hydrogens is 515 g/mol. The Kier molecular flexibility index (Phi) is 7.25. The lowest BCUT2D eigenvalue weighted by Gasteiger charge is -2.38. The van der Waals surface area contributed by atoms with Crippen LogP contribution in [0.25, 0.3) is 22.6 Å². The average Bonchev–Trinajstić information content (AvgIpc) is 3.36. The number of rotatable bonds is 6. The Morgan fingerprint density at radius 2 is 1.69 bits per heavy atom. The van der Waals surface area contributed by atoms with Crippen molar-refractivity contribution in [3.05, 3.63) is 83.9 Å². The van der Waals surface area contributed by atoms with Gasteiger partial charge in [-0.05, 0) is 35.9 Å². The lowest BCUT2D eigenvalue weighted by molar-refractivity contribution is -0.274. The molecule has 1 saturated heterocycles.